The number of hydrogen-bond acceptors (Lipinski definition) is 7. The van der Waals surface area contributed by atoms with Crippen LogP contribution in [0, 0.1) is 0 Å². The van der Waals surface area contributed by atoms with Crippen molar-refractivity contribution >= 4 is 33.3 Å². The Labute approximate surface area is 170 Å². The molecule has 0 amide bonds. The normalized spacial score (nSPS) is 10.5. The summed E-state index contributed by atoms with van der Waals surface area (Å²) in [7, 11) is 2.27. The third kappa shape index (κ3) is 17.4. The van der Waals surface area contributed by atoms with Gasteiger partial charge in [0.15, 0.2) is 0 Å². The zero-order valence-corrected chi connectivity index (χ0v) is 21.6. The van der Waals surface area contributed by atoms with Crippen molar-refractivity contribution in [3.8, 4) is 0 Å². The van der Waals surface area contributed by atoms with Crippen molar-refractivity contribution in [3.05, 3.63) is 30.3 Å². The van der Waals surface area contributed by atoms with Gasteiger partial charge in [0.05, 0.1) is 0 Å². The fraction of sp³-hybridized carbons (Fsp3) is 0.647. The highest BCUT2D eigenvalue weighted by Gasteiger charge is 2.11. The van der Waals surface area contributed by atoms with E-state index < -0.39 is 28.1 Å². The smallest absolute Gasteiger partial charge is 0.400 e. The van der Waals surface area contributed by atoms with Crippen molar-refractivity contribution in [2.75, 3.05) is 48.3 Å². The van der Waals surface area contributed by atoms with Gasteiger partial charge in [-0.15, -0.1) is 0 Å². The maximum Gasteiger partial charge on any atom is 0.484 e. The van der Waals surface area contributed by atoms with Gasteiger partial charge in [0.2, 0.25) is 0 Å². The Bertz CT molecular complexity index is 379. The van der Waals surface area contributed by atoms with Gasteiger partial charge in [-0.1, -0.05) is 30.3 Å². The first-order valence-electron chi connectivity index (χ1n) is 9.05. The van der Waals surface area contributed by atoms with Gasteiger partial charge >= 0.3 is 28.1 Å². The highest BCUT2D eigenvalue weighted by atomic mass is 28.3. The molecule has 0 heterocycles. The second kappa shape index (κ2) is 21.9. The van der Waals surface area contributed by atoms with Gasteiger partial charge in [0, 0.05) is 48.3 Å². The Morgan fingerprint density at radius 1 is 0.667 bits per heavy atom. The molecule has 7 nitrogen and oxygen atoms in total. The van der Waals surface area contributed by atoms with Crippen LogP contribution in [0.3, 0.4) is 0 Å². The molecule has 0 saturated carbocycles. The molecule has 0 spiro atoms. The zero-order chi connectivity index (χ0) is 20.9. The van der Waals surface area contributed by atoms with E-state index in [1.165, 1.54) is 5.19 Å². The highest BCUT2D eigenvalue weighted by molar-refractivity contribution is 6.61. The Morgan fingerprint density at radius 2 is 1.07 bits per heavy atom. The van der Waals surface area contributed by atoms with Crippen molar-refractivity contribution < 1.29 is 31.0 Å². The first kappa shape index (κ1) is 28.8. The third-order valence-corrected chi connectivity index (χ3v) is 8.00. The SMILES string of the molecule is CCO[SiH](OCC)OCC.CO[SiH](C)OC.CO[SiH](OC)c1ccccc1. The summed E-state index contributed by atoms with van der Waals surface area (Å²) in [5.74, 6) is 0. The lowest BCUT2D eigenvalue weighted by Crippen LogP contribution is -2.34. The fourth-order valence-electron chi connectivity index (χ4n) is 1.63. The van der Waals surface area contributed by atoms with Crippen LogP contribution in [0.2, 0.25) is 6.55 Å². The van der Waals surface area contributed by atoms with Crippen molar-refractivity contribution in [1.29, 1.82) is 0 Å². The van der Waals surface area contributed by atoms with E-state index in [1.807, 2.05) is 57.7 Å². The molecule has 160 valence electrons. The summed E-state index contributed by atoms with van der Waals surface area (Å²) in [6, 6.07) is 10.0. The molecular formula is C17H38O7Si3. The maximum atomic E-state index is 5.22. The summed E-state index contributed by atoms with van der Waals surface area (Å²) in [6.07, 6.45) is 0. The van der Waals surface area contributed by atoms with E-state index in [1.54, 1.807) is 28.4 Å². The molecule has 0 bridgehead atoms. The van der Waals surface area contributed by atoms with E-state index in [4.69, 9.17) is 31.0 Å². The van der Waals surface area contributed by atoms with Gasteiger partial charge < -0.3 is 31.0 Å². The van der Waals surface area contributed by atoms with E-state index in [0.29, 0.717) is 19.8 Å². The first-order valence-corrected chi connectivity index (χ1v) is 14.1. The summed E-state index contributed by atoms with van der Waals surface area (Å²) in [4.78, 5) is 0. The molecule has 0 saturated heterocycles. The highest BCUT2D eigenvalue weighted by Crippen LogP contribution is 1.91. The van der Waals surface area contributed by atoms with Gasteiger partial charge in [0.1, 0.15) is 0 Å². The standard InChI is InChI=1S/C8H12O2Si.C6H16O3Si.C3H10O2Si/c1-9-11(10-2)8-6-4-3-5-7-8;1-4-7-10(8-5-2)9-6-3;1-4-6(3)5-2/h3-7,11H,1-2H3;10H,4-6H2,1-3H3;6H,1-3H3. The number of hydrogen-bond donors (Lipinski definition) is 0. The van der Waals surface area contributed by atoms with Crippen LogP contribution in [0.4, 0.5) is 0 Å². The third-order valence-electron chi connectivity index (χ3n) is 3.07. The predicted octanol–water partition coefficient (Wildman–Crippen LogP) is 1.35. The van der Waals surface area contributed by atoms with E-state index in [0.717, 1.165) is 0 Å². The van der Waals surface area contributed by atoms with Crippen molar-refractivity contribution in [2.45, 2.75) is 27.3 Å². The molecule has 10 heteroatoms. The van der Waals surface area contributed by atoms with Gasteiger partial charge in [0.25, 0.3) is 0 Å². The average Bonchev–Trinajstić information content (AvgIpc) is 2.71. The minimum Gasteiger partial charge on any atom is -0.400 e. The summed E-state index contributed by atoms with van der Waals surface area (Å²) < 4.78 is 35.7. The van der Waals surface area contributed by atoms with Crippen molar-refractivity contribution in [1.82, 2.24) is 0 Å². The summed E-state index contributed by atoms with van der Waals surface area (Å²) in [6.45, 7) is 9.83. The largest absolute Gasteiger partial charge is 0.484 e. The van der Waals surface area contributed by atoms with Crippen molar-refractivity contribution in [3.63, 3.8) is 0 Å². The van der Waals surface area contributed by atoms with Crippen LogP contribution in [-0.2, 0) is 31.0 Å². The van der Waals surface area contributed by atoms with Crippen LogP contribution in [0.15, 0.2) is 30.3 Å². The lowest BCUT2D eigenvalue weighted by atomic mass is 10.4. The minimum absolute atomic E-state index is 0.677. The summed E-state index contributed by atoms with van der Waals surface area (Å²) in [5.41, 5.74) is 0. The van der Waals surface area contributed by atoms with E-state index >= 15 is 0 Å². The lowest BCUT2D eigenvalue weighted by molar-refractivity contribution is 0.107. The molecule has 1 aromatic carbocycles. The average molecular weight is 439 g/mol. The molecule has 0 N–H and O–H groups in total. The van der Waals surface area contributed by atoms with E-state index in [9.17, 15) is 0 Å². The predicted molar refractivity (Wildman–Crippen MR) is 116 cm³/mol. The number of benzene rings is 1. The molecule has 0 atom stereocenters. The van der Waals surface area contributed by atoms with Crippen LogP contribution in [-0.4, -0.2) is 76.4 Å². The van der Waals surface area contributed by atoms with Crippen LogP contribution in [0.25, 0.3) is 0 Å². The maximum absolute atomic E-state index is 5.22. The van der Waals surface area contributed by atoms with Crippen LogP contribution in [0.5, 0.6) is 0 Å². The van der Waals surface area contributed by atoms with Gasteiger partial charge in [-0.3, -0.25) is 0 Å². The molecule has 0 aliphatic rings. The molecule has 0 aliphatic carbocycles. The Morgan fingerprint density at radius 3 is 1.33 bits per heavy atom. The topological polar surface area (TPSA) is 64.6 Å². The monoisotopic (exact) mass is 438 g/mol. The summed E-state index contributed by atoms with van der Waals surface area (Å²) >= 11 is 0. The second-order valence-electron chi connectivity index (χ2n) is 4.91. The lowest BCUT2D eigenvalue weighted by Gasteiger charge is -2.12. The minimum atomic E-state index is -1.73. The second-order valence-corrected chi connectivity index (χ2v) is 10.8. The molecule has 0 aromatic heterocycles. The zero-order valence-electron chi connectivity index (χ0n) is 18.1. The van der Waals surface area contributed by atoms with Crippen LogP contribution >= 0.6 is 0 Å². The Kier molecular flexibility index (Phi) is 23.3. The molecule has 0 aliphatic heterocycles. The van der Waals surface area contributed by atoms with Crippen molar-refractivity contribution in [2.24, 2.45) is 0 Å². The van der Waals surface area contributed by atoms with Gasteiger partial charge in [-0.05, 0) is 32.5 Å². The Balaban J connectivity index is 0. The van der Waals surface area contributed by atoms with Crippen LogP contribution < -0.4 is 5.19 Å². The van der Waals surface area contributed by atoms with Gasteiger partial charge in [-0.2, -0.15) is 0 Å². The molecule has 1 rings (SSSR count). The first-order chi connectivity index (χ1) is 13.0. The van der Waals surface area contributed by atoms with Gasteiger partial charge in [-0.25, -0.2) is 0 Å². The Hall–Kier alpha value is -0.409. The molecule has 27 heavy (non-hydrogen) atoms. The van der Waals surface area contributed by atoms with E-state index in [-0.39, 0.29) is 0 Å². The molecule has 0 fully saturated rings. The molecule has 0 radical (unpaired) electrons. The van der Waals surface area contributed by atoms with Crippen LogP contribution in [0.1, 0.15) is 20.8 Å². The van der Waals surface area contributed by atoms with E-state index in [2.05, 4.69) is 0 Å². The molecule has 0 unspecified atom stereocenters. The molecular weight excluding hydrogens is 400 g/mol. The summed E-state index contributed by atoms with van der Waals surface area (Å²) in [5, 5.41) is 1.18. The number of rotatable bonds is 11. The molecule has 1 aromatic rings. The quantitative estimate of drug-likeness (QED) is 0.483. The fourth-order valence-corrected chi connectivity index (χ4v) is 4.20.